The topological polar surface area (TPSA) is 71.5 Å². The maximum absolute atomic E-state index is 11.7. The van der Waals surface area contributed by atoms with E-state index in [9.17, 15) is 4.79 Å². The maximum atomic E-state index is 11.7. The molecule has 0 radical (unpaired) electrons. The number of carbonyl (C=O) groups is 1. The van der Waals surface area contributed by atoms with Crippen molar-refractivity contribution in [3.05, 3.63) is 28.5 Å². The summed E-state index contributed by atoms with van der Waals surface area (Å²) in [6, 6.07) is 3.42. The van der Waals surface area contributed by atoms with Crippen molar-refractivity contribution in [3.63, 3.8) is 0 Å². The third-order valence-corrected chi connectivity index (χ3v) is 2.62. The van der Waals surface area contributed by atoms with Gasteiger partial charge in [-0.1, -0.05) is 0 Å². The van der Waals surface area contributed by atoms with Crippen molar-refractivity contribution >= 4 is 21.8 Å². The number of pyridine rings is 1. The Hall–Kier alpha value is -0.980. The van der Waals surface area contributed by atoms with Crippen molar-refractivity contribution < 1.29 is 14.6 Å². The predicted molar refractivity (Wildman–Crippen MR) is 66.8 cm³/mol. The smallest absolute Gasteiger partial charge is 0.254 e. The molecule has 1 aromatic heterocycles. The van der Waals surface area contributed by atoms with Crippen LogP contribution in [0.25, 0.3) is 0 Å². The summed E-state index contributed by atoms with van der Waals surface area (Å²) in [6.45, 7) is 1.41. The van der Waals surface area contributed by atoms with Crippen LogP contribution in [0.3, 0.4) is 0 Å². The number of nitrogens with zero attached hydrogens (tertiary/aromatic N) is 1. The molecular formula is C11H15BrN2O3. The average Bonchev–Trinajstić information content (AvgIpc) is 2.34. The van der Waals surface area contributed by atoms with E-state index in [0.29, 0.717) is 36.3 Å². The second-order valence-corrected chi connectivity index (χ2v) is 4.04. The molecule has 0 saturated heterocycles. The first-order valence-electron chi connectivity index (χ1n) is 5.33. The van der Waals surface area contributed by atoms with Gasteiger partial charge < -0.3 is 15.2 Å². The fraction of sp³-hybridized carbons (Fsp3) is 0.455. The van der Waals surface area contributed by atoms with Crippen LogP contribution in [0.4, 0.5) is 0 Å². The van der Waals surface area contributed by atoms with Crippen LogP contribution >= 0.6 is 15.9 Å². The van der Waals surface area contributed by atoms with E-state index in [1.54, 1.807) is 18.3 Å². The van der Waals surface area contributed by atoms with Crippen LogP contribution in [0.5, 0.6) is 0 Å². The van der Waals surface area contributed by atoms with Crippen LogP contribution in [0.2, 0.25) is 0 Å². The summed E-state index contributed by atoms with van der Waals surface area (Å²) < 4.78 is 5.61. The van der Waals surface area contributed by atoms with Gasteiger partial charge in [-0.05, 0) is 34.5 Å². The minimum atomic E-state index is -0.160. The second-order valence-electron chi connectivity index (χ2n) is 3.29. The standard InChI is InChI=1S/C11H15BrN2O3/c12-10-9(3-1-4-13-10)11(16)14-5-2-7-17-8-6-15/h1,3-4,15H,2,5-8H2,(H,14,16). The van der Waals surface area contributed by atoms with Gasteiger partial charge in [-0.15, -0.1) is 0 Å². The Morgan fingerprint density at radius 2 is 2.35 bits per heavy atom. The van der Waals surface area contributed by atoms with Crippen molar-refractivity contribution in [1.82, 2.24) is 10.3 Å². The fourth-order valence-electron chi connectivity index (χ4n) is 1.19. The molecule has 1 amide bonds. The lowest BCUT2D eigenvalue weighted by atomic mass is 10.2. The predicted octanol–water partition coefficient (Wildman–Crippen LogP) is 0.973. The molecule has 0 bridgehead atoms. The molecule has 0 aromatic carbocycles. The molecule has 5 nitrogen and oxygen atoms in total. The highest BCUT2D eigenvalue weighted by Gasteiger charge is 2.08. The summed E-state index contributed by atoms with van der Waals surface area (Å²) in [5, 5.41) is 11.2. The van der Waals surface area contributed by atoms with Gasteiger partial charge in [0.25, 0.3) is 5.91 Å². The van der Waals surface area contributed by atoms with Crippen LogP contribution in [0.1, 0.15) is 16.8 Å². The number of nitrogens with one attached hydrogen (secondary N) is 1. The molecular weight excluding hydrogens is 288 g/mol. The number of rotatable bonds is 7. The molecule has 17 heavy (non-hydrogen) atoms. The number of amides is 1. The van der Waals surface area contributed by atoms with E-state index in [1.165, 1.54) is 0 Å². The molecule has 1 rings (SSSR count). The highest BCUT2D eigenvalue weighted by Crippen LogP contribution is 2.11. The van der Waals surface area contributed by atoms with Gasteiger partial charge >= 0.3 is 0 Å². The summed E-state index contributed by atoms with van der Waals surface area (Å²) in [4.78, 5) is 15.7. The number of hydrogen-bond donors (Lipinski definition) is 2. The third kappa shape index (κ3) is 5.25. The van der Waals surface area contributed by atoms with E-state index in [4.69, 9.17) is 9.84 Å². The Morgan fingerprint density at radius 3 is 3.06 bits per heavy atom. The Balaban J connectivity index is 2.24. The van der Waals surface area contributed by atoms with E-state index in [-0.39, 0.29) is 12.5 Å². The molecule has 0 fully saturated rings. The minimum absolute atomic E-state index is 0.0228. The molecule has 1 aromatic rings. The Kier molecular flexibility index (Phi) is 6.76. The number of halogens is 1. The third-order valence-electron chi connectivity index (χ3n) is 1.99. The van der Waals surface area contributed by atoms with Crippen LogP contribution < -0.4 is 5.32 Å². The van der Waals surface area contributed by atoms with Crippen LogP contribution in [0.15, 0.2) is 22.9 Å². The van der Waals surface area contributed by atoms with Crippen LogP contribution in [-0.2, 0) is 4.74 Å². The molecule has 0 aliphatic rings. The van der Waals surface area contributed by atoms with Gasteiger partial charge in [-0.2, -0.15) is 0 Å². The molecule has 0 spiro atoms. The normalized spacial score (nSPS) is 10.2. The Bertz CT molecular complexity index is 360. The first-order chi connectivity index (χ1) is 8.25. The second kappa shape index (κ2) is 8.16. The van der Waals surface area contributed by atoms with Crippen molar-refractivity contribution in [2.45, 2.75) is 6.42 Å². The maximum Gasteiger partial charge on any atom is 0.254 e. The lowest BCUT2D eigenvalue weighted by Gasteiger charge is -2.06. The van der Waals surface area contributed by atoms with E-state index >= 15 is 0 Å². The SMILES string of the molecule is O=C(NCCCOCCO)c1cccnc1Br. The van der Waals surface area contributed by atoms with Crippen molar-refractivity contribution in [1.29, 1.82) is 0 Å². The highest BCUT2D eigenvalue weighted by atomic mass is 79.9. The number of ether oxygens (including phenoxy) is 1. The summed E-state index contributed by atoms with van der Waals surface area (Å²) in [5.74, 6) is -0.160. The number of hydrogen-bond acceptors (Lipinski definition) is 4. The largest absolute Gasteiger partial charge is 0.394 e. The van der Waals surface area contributed by atoms with Crippen molar-refractivity contribution in [3.8, 4) is 0 Å². The number of aromatic nitrogens is 1. The van der Waals surface area contributed by atoms with Gasteiger partial charge in [-0.3, -0.25) is 4.79 Å². The zero-order valence-electron chi connectivity index (χ0n) is 9.36. The summed E-state index contributed by atoms with van der Waals surface area (Å²) in [5.41, 5.74) is 0.517. The monoisotopic (exact) mass is 302 g/mol. The zero-order valence-corrected chi connectivity index (χ0v) is 10.9. The van der Waals surface area contributed by atoms with Crippen molar-refractivity contribution in [2.75, 3.05) is 26.4 Å². The van der Waals surface area contributed by atoms with E-state index < -0.39 is 0 Å². The molecule has 1 heterocycles. The fourth-order valence-corrected chi connectivity index (χ4v) is 1.62. The van der Waals surface area contributed by atoms with E-state index in [0.717, 1.165) is 0 Å². The Labute approximate surface area is 108 Å². The molecule has 0 aliphatic carbocycles. The van der Waals surface area contributed by atoms with Gasteiger partial charge in [-0.25, -0.2) is 4.98 Å². The number of carbonyl (C=O) groups excluding carboxylic acids is 1. The molecule has 0 atom stereocenters. The van der Waals surface area contributed by atoms with Gasteiger partial charge in [0, 0.05) is 19.3 Å². The minimum Gasteiger partial charge on any atom is -0.394 e. The Morgan fingerprint density at radius 1 is 1.53 bits per heavy atom. The van der Waals surface area contributed by atoms with Crippen LogP contribution in [0, 0.1) is 0 Å². The molecule has 0 saturated carbocycles. The molecule has 6 heteroatoms. The average molecular weight is 303 g/mol. The van der Waals surface area contributed by atoms with E-state index in [1.807, 2.05) is 0 Å². The lowest BCUT2D eigenvalue weighted by Crippen LogP contribution is -2.25. The van der Waals surface area contributed by atoms with Crippen molar-refractivity contribution in [2.24, 2.45) is 0 Å². The van der Waals surface area contributed by atoms with Gasteiger partial charge in [0.05, 0.1) is 18.8 Å². The number of aliphatic hydroxyl groups excluding tert-OH is 1. The van der Waals surface area contributed by atoms with Gasteiger partial charge in [0.2, 0.25) is 0 Å². The van der Waals surface area contributed by atoms with Gasteiger partial charge in [0.15, 0.2) is 0 Å². The summed E-state index contributed by atoms with van der Waals surface area (Å²) >= 11 is 3.22. The number of aliphatic hydroxyl groups is 1. The highest BCUT2D eigenvalue weighted by molar-refractivity contribution is 9.10. The van der Waals surface area contributed by atoms with Crippen LogP contribution in [-0.4, -0.2) is 42.4 Å². The quantitative estimate of drug-likeness (QED) is 0.582. The lowest BCUT2D eigenvalue weighted by molar-refractivity contribution is 0.0867. The summed E-state index contributed by atoms with van der Waals surface area (Å²) in [6.07, 6.45) is 2.33. The molecule has 2 N–H and O–H groups in total. The molecule has 0 unspecified atom stereocenters. The molecule has 94 valence electrons. The van der Waals surface area contributed by atoms with E-state index in [2.05, 4.69) is 26.2 Å². The van der Waals surface area contributed by atoms with Gasteiger partial charge in [0.1, 0.15) is 4.60 Å². The first-order valence-corrected chi connectivity index (χ1v) is 6.12. The summed E-state index contributed by atoms with van der Waals surface area (Å²) in [7, 11) is 0. The first kappa shape index (κ1) is 14.1. The zero-order chi connectivity index (χ0) is 12.5. The molecule has 0 aliphatic heterocycles.